The second kappa shape index (κ2) is 3.57. The molecule has 0 heterocycles. The average Bonchev–Trinajstić information content (AvgIpc) is 1.87. The molecular formula is C9H18NP. The molecule has 2 unspecified atom stereocenters. The molecule has 0 aliphatic carbocycles. The summed E-state index contributed by atoms with van der Waals surface area (Å²) < 4.78 is 0. The van der Waals surface area contributed by atoms with E-state index in [4.69, 9.17) is 5.73 Å². The molecule has 2 atom stereocenters. The maximum Gasteiger partial charge on any atom is 0.0358 e. The predicted molar refractivity (Wildman–Crippen MR) is 54.4 cm³/mol. The van der Waals surface area contributed by atoms with E-state index in [1.807, 2.05) is 6.92 Å². The third-order valence-corrected chi connectivity index (χ3v) is 3.25. The molecule has 0 aliphatic rings. The first-order valence-electron chi connectivity index (χ1n) is 3.80. The molecule has 0 aliphatic heterocycles. The Bertz CT molecular complexity index is 183. The standard InChI is InChI=1S/C9H18NP/c1-5-6-8(2,3)9(4,11)7-10/h7,10-11H2,1-4H3. The van der Waals surface area contributed by atoms with Crippen LogP contribution in [0.25, 0.3) is 0 Å². The Morgan fingerprint density at radius 3 is 2.09 bits per heavy atom. The third kappa shape index (κ3) is 2.47. The Hall–Kier alpha value is -0.0500. The summed E-state index contributed by atoms with van der Waals surface area (Å²) in [5, 5.41) is 0.00993. The van der Waals surface area contributed by atoms with Crippen LogP contribution in [0, 0.1) is 17.3 Å². The highest BCUT2D eigenvalue weighted by molar-refractivity contribution is 7.19. The van der Waals surface area contributed by atoms with Crippen molar-refractivity contribution in [1.82, 2.24) is 0 Å². The average molecular weight is 171 g/mol. The smallest absolute Gasteiger partial charge is 0.0358 e. The Morgan fingerprint density at radius 2 is 1.82 bits per heavy atom. The minimum atomic E-state index is -0.0266. The molecule has 64 valence electrons. The van der Waals surface area contributed by atoms with Crippen molar-refractivity contribution < 1.29 is 0 Å². The van der Waals surface area contributed by atoms with E-state index in [0.717, 1.165) is 0 Å². The fourth-order valence-electron chi connectivity index (χ4n) is 0.710. The van der Waals surface area contributed by atoms with E-state index in [9.17, 15) is 0 Å². The fraction of sp³-hybridized carbons (Fsp3) is 0.778. The molecule has 0 saturated carbocycles. The van der Waals surface area contributed by atoms with Crippen molar-refractivity contribution in [3.05, 3.63) is 0 Å². The third-order valence-electron chi connectivity index (χ3n) is 2.29. The summed E-state index contributed by atoms with van der Waals surface area (Å²) in [5.74, 6) is 6.09. The molecule has 0 aromatic carbocycles. The van der Waals surface area contributed by atoms with Crippen LogP contribution in [0.2, 0.25) is 0 Å². The summed E-state index contributed by atoms with van der Waals surface area (Å²) in [6, 6.07) is 0. The summed E-state index contributed by atoms with van der Waals surface area (Å²) in [6.07, 6.45) is 0. The van der Waals surface area contributed by atoms with Gasteiger partial charge in [-0.3, -0.25) is 0 Å². The molecule has 0 saturated heterocycles. The summed E-state index contributed by atoms with van der Waals surface area (Å²) >= 11 is 0. The van der Waals surface area contributed by atoms with Crippen LogP contribution in [0.1, 0.15) is 27.7 Å². The van der Waals surface area contributed by atoms with Gasteiger partial charge < -0.3 is 5.73 Å². The van der Waals surface area contributed by atoms with Crippen LogP contribution in [0.15, 0.2) is 0 Å². The highest BCUT2D eigenvalue weighted by atomic mass is 31.0. The van der Waals surface area contributed by atoms with Gasteiger partial charge in [-0.05, 0) is 20.8 Å². The van der Waals surface area contributed by atoms with E-state index >= 15 is 0 Å². The molecule has 0 radical (unpaired) electrons. The Balaban J connectivity index is 4.62. The lowest BCUT2D eigenvalue weighted by Crippen LogP contribution is -2.41. The Morgan fingerprint density at radius 1 is 1.36 bits per heavy atom. The first kappa shape index (κ1) is 11.0. The van der Waals surface area contributed by atoms with Crippen molar-refractivity contribution in [3.63, 3.8) is 0 Å². The summed E-state index contributed by atoms with van der Waals surface area (Å²) in [4.78, 5) is 0. The molecule has 0 rings (SSSR count). The predicted octanol–water partition coefficient (Wildman–Crippen LogP) is 1.63. The highest BCUT2D eigenvalue weighted by Gasteiger charge is 2.34. The van der Waals surface area contributed by atoms with E-state index in [1.165, 1.54) is 0 Å². The van der Waals surface area contributed by atoms with E-state index in [0.29, 0.717) is 6.54 Å². The first-order chi connectivity index (χ1) is 4.87. The summed E-state index contributed by atoms with van der Waals surface area (Å²) in [6.45, 7) is 8.84. The van der Waals surface area contributed by atoms with Crippen LogP contribution < -0.4 is 5.73 Å². The number of hydrogen-bond acceptors (Lipinski definition) is 1. The van der Waals surface area contributed by atoms with Crippen molar-refractivity contribution in [2.45, 2.75) is 32.9 Å². The molecule has 2 heteroatoms. The molecule has 2 N–H and O–H groups in total. The van der Waals surface area contributed by atoms with Gasteiger partial charge >= 0.3 is 0 Å². The Kier molecular flexibility index (Phi) is 3.55. The summed E-state index contributed by atoms with van der Waals surface area (Å²) in [5.41, 5.74) is 5.61. The van der Waals surface area contributed by atoms with Crippen LogP contribution >= 0.6 is 9.24 Å². The largest absolute Gasteiger partial charge is 0.330 e. The van der Waals surface area contributed by atoms with Gasteiger partial charge in [0.25, 0.3) is 0 Å². The van der Waals surface area contributed by atoms with Crippen LogP contribution in [-0.4, -0.2) is 11.7 Å². The zero-order valence-corrected chi connectivity index (χ0v) is 9.02. The van der Waals surface area contributed by atoms with E-state index in [2.05, 4.69) is 41.9 Å². The first-order valence-corrected chi connectivity index (χ1v) is 4.38. The minimum Gasteiger partial charge on any atom is -0.330 e. The molecule has 0 amide bonds. The molecule has 0 spiro atoms. The highest BCUT2D eigenvalue weighted by Crippen LogP contribution is 2.36. The van der Waals surface area contributed by atoms with E-state index < -0.39 is 0 Å². The maximum absolute atomic E-state index is 5.63. The SMILES string of the molecule is CC#CC(C)(C)C(C)(P)CN. The molecule has 0 fully saturated rings. The summed E-state index contributed by atoms with van der Waals surface area (Å²) in [7, 11) is 2.78. The molecule has 11 heavy (non-hydrogen) atoms. The van der Waals surface area contributed by atoms with Gasteiger partial charge in [0, 0.05) is 17.1 Å². The number of rotatable bonds is 2. The van der Waals surface area contributed by atoms with Crippen LogP contribution in [0.4, 0.5) is 0 Å². The van der Waals surface area contributed by atoms with Crippen molar-refractivity contribution in [2.75, 3.05) is 6.54 Å². The lowest BCUT2D eigenvalue weighted by Gasteiger charge is -2.36. The Labute approximate surface area is 72.3 Å². The second-order valence-corrected chi connectivity index (χ2v) is 4.90. The van der Waals surface area contributed by atoms with Crippen molar-refractivity contribution in [2.24, 2.45) is 11.1 Å². The zero-order valence-electron chi connectivity index (χ0n) is 7.86. The molecule has 1 nitrogen and oxygen atoms in total. The van der Waals surface area contributed by atoms with Crippen LogP contribution in [0.5, 0.6) is 0 Å². The van der Waals surface area contributed by atoms with Crippen molar-refractivity contribution in [3.8, 4) is 11.8 Å². The molecule has 0 aromatic rings. The van der Waals surface area contributed by atoms with Crippen LogP contribution in [-0.2, 0) is 0 Å². The molecular weight excluding hydrogens is 153 g/mol. The van der Waals surface area contributed by atoms with Gasteiger partial charge in [0.15, 0.2) is 0 Å². The maximum atomic E-state index is 5.63. The quantitative estimate of drug-likeness (QED) is 0.496. The van der Waals surface area contributed by atoms with E-state index in [1.54, 1.807) is 0 Å². The number of nitrogens with two attached hydrogens (primary N) is 1. The van der Waals surface area contributed by atoms with Crippen molar-refractivity contribution in [1.29, 1.82) is 0 Å². The molecule has 0 bridgehead atoms. The van der Waals surface area contributed by atoms with Crippen LogP contribution in [0.3, 0.4) is 0 Å². The fourth-order valence-corrected chi connectivity index (χ4v) is 0.783. The van der Waals surface area contributed by atoms with Gasteiger partial charge in [-0.25, -0.2) is 0 Å². The normalized spacial score (nSPS) is 16.5. The second-order valence-electron chi connectivity index (χ2n) is 3.62. The topological polar surface area (TPSA) is 26.0 Å². The molecule has 0 aromatic heterocycles. The monoisotopic (exact) mass is 171 g/mol. The van der Waals surface area contributed by atoms with Gasteiger partial charge in [0.2, 0.25) is 0 Å². The van der Waals surface area contributed by atoms with Gasteiger partial charge in [0.1, 0.15) is 0 Å². The van der Waals surface area contributed by atoms with Crippen molar-refractivity contribution >= 4 is 9.24 Å². The van der Waals surface area contributed by atoms with Gasteiger partial charge in [0.05, 0.1) is 0 Å². The van der Waals surface area contributed by atoms with E-state index in [-0.39, 0.29) is 10.6 Å². The van der Waals surface area contributed by atoms with Gasteiger partial charge in [-0.15, -0.1) is 15.2 Å². The minimum absolute atomic E-state index is 0.00993. The van der Waals surface area contributed by atoms with Gasteiger partial charge in [-0.1, -0.05) is 12.8 Å². The zero-order chi connectivity index (χ0) is 9.12. The lowest BCUT2D eigenvalue weighted by molar-refractivity contribution is 0.371. The van der Waals surface area contributed by atoms with Gasteiger partial charge in [-0.2, -0.15) is 0 Å². The number of hydrogen-bond donors (Lipinski definition) is 1. The lowest BCUT2D eigenvalue weighted by atomic mass is 9.79.